The van der Waals surface area contributed by atoms with E-state index in [1.165, 1.54) is 102 Å². The van der Waals surface area contributed by atoms with Gasteiger partial charge in [0.25, 0.3) is 0 Å². The van der Waals surface area contributed by atoms with Crippen LogP contribution in [0.15, 0.2) is 109 Å². The first-order valence-electron chi connectivity index (χ1n) is 16.4. The van der Waals surface area contributed by atoms with Gasteiger partial charge < -0.3 is 14.9 Å². The molecule has 4 heteroatoms. The number of benzene rings is 4. The van der Waals surface area contributed by atoms with Crippen molar-refractivity contribution < 1.29 is 23.3 Å². The van der Waals surface area contributed by atoms with Crippen LogP contribution in [0.2, 0.25) is 0 Å². The predicted octanol–water partition coefficient (Wildman–Crippen LogP) is 14.4. The van der Waals surface area contributed by atoms with Gasteiger partial charge in [-0.25, -0.2) is 0 Å². The zero-order chi connectivity index (χ0) is 32.7. The molecule has 0 spiro atoms. The first-order valence-corrected chi connectivity index (χ1v) is 20.6. The topological polar surface area (TPSA) is 0 Å². The Kier molecular flexibility index (Phi) is 20.3. The van der Waals surface area contributed by atoms with E-state index >= 15 is 0 Å². The zero-order valence-corrected chi connectivity index (χ0v) is 36.4. The summed E-state index contributed by atoms with van der Waals surface area (Å²) in [5.74, 6) is 1.23. The third kappa shape index (κ3) is 11.7. The number of hydrogen-bond acceptors (Lipinski definition) is 0. The van der Waals surface area contributed by atoms with Gasteiger partial charge in [0.2, 0.25) is 0 Å². The molecule has 0 fully saturated rings. The molecule has 1 unspecified atom stereocenters. The second-order valence-electron chi connectivity index (χ2n) is 13.7. The summed E-state index contributed by atoms with van der Waals surface area (Å²) < 4.78 is 0. The van der Waals surface area contributed by atoms with E-state index in [1.54, 1.807) is 0 Å². The minimum atomic E-state index is 0. The molecule has 6 rings (SSSR count). The van der Waals surface area contributed by atoms with Gasteiger partial charge in [0.05, 0.1) is 0 Å². The molecule has 6 aromatic carbocycles. The molecule has 262 valence electrons. The Hall–Kier alpha value is -2.22. The van der Waals surface area contributed by atoms with Crippen LogP contribution in [0.3, 0.4) is 0 Å². The van der Waals surface area contributed by atoms with Crippen molar-refractivity contribution in [3.63, 3.8) is 0 Å². The summed E-state index contributed by atoms with van der Waals surface area (Å²) >= 11 is 1.36. The Labute approximate surface area is 328 Å². The number of halogens is 2. The van der Waals surface area contributed by atoms with Crippen molar-refractivity contribution in [3.05, 3.63) is 146 Å². The molecule has 0 heterocycles. The van der Waals surface area contributed by atoms with Crippen LogP contribution in [-0.2, 0) is 28.8 Å². The number of fused-ring (bicyclic) bond motifs is 2. The molecule has 0 amide bonds. The summed E-state index contributed by atoms with van der Waals surface area (Å²) in [4.78, 5) is 0. The van der Waals surface area contributed by atoms with Crippen LogP contribution in [0.5, 0.6) is 0 Å². The number of rotatable bonds is 6. The van der Waals surface area contributed by atoms with Crippen LogP contribution in [0, 0.1) is 21.8 Å². The molecular weight excluding hydrogens is 731 g/mol. The molecule has 6 aromatic rings. The van der Waals surface area contributed by atoms with Crippen LogP contribution in [0.1, 0.15) is 95.4 Å². The summed E-state index contributed by atoms with van der Waals surface area (Å²) in [7, 11) is 0. The molecule has 0 nitrogen and oxygen atoms in total. The van der Waals surface area contributed by atoms with Crippen molar-refractivity contribution in [1.82, 2.24) is 0 Å². The van der Waals surface area contributed by atoms with Crippen molar-refractivity contribution in [2.45, 2.75) is 85.5 Å². The van der Waals surface area contributed by atoms with Gasteiger partial charge >= 0.3 is 30.2 Å². The second-order valence-corrected chi connectivity index (χ2v) is 13.7. The summed E-state index contributed by atoms with van der Waals surface area (Å²) in [6, 6.07) is 40.6. The van der Waals surface area contributed by atoms with Crippen molar-refractivity contribution in [3.8, 4) is 22.3 Å². The standard InChI is InChI=1S/C24H29.C19H19.2CH3.2ClH.Si.Zr/c1-6-8-17(2)20-15-19-9-7-10-22(23(19)16-20)18-11-13-21(14-12-18)24(3,4)5;1-13(2)15-7-9-16(10-8-15)18-6-4-5-17-11-14(3)12-19(17)18;;;;;;/h7,9-17H,6,8H2,1-5H3;4-13H,1-3H3;2*1H3;2*1H;;/q4*-1;;;;. The van der Waals surface area contributed by atoms with Crippen LogP contribution in [0.4, 0.5) is 0 Å². The fraction of sp³-hybridized carbons (Fsp3) is 0.289. The summed E-state index contributed by atoms with van der Waals surface area (Å²) in [5.41, 5.74) is 11.1. The Morgan fingerprint density at radius 2 is 1.14 bits per heavy atom. The third-order valence-electron chi connectivity index (χ3n) is 8.91. The molecule has 0 saturated heterocycles. The van der Waals surface area contributed by atoms with E-state index in [-0.39, 0.29) is 45.1 Å². The average Bonchev–Trinajstić information content (AvgIpc) is 3.65. The third-order valence-corrected chi connectivity index (χ3v) is 8.91. The quantitative estimate of drug-likeness (QED) is 0.117. The molecular formula is C45H56Cl2SiZr-4. The van der Waals surface area contributed by atoms with E-state index in [0.717, 1.165) is 0 Å². The summed E-state index contributed by atoms with van der Waals surface area (Å²) in [6.45, 7) is 21.1. The first kappa shape index (κ1) is 46.8. The molecule has 2 radical (unpaired) electrons. The van der Waals surface area contributed by atoms with Gasteiger partial charge in [0.1, 0.15) is 0 Å². The summed E-state index contributed by atoms with van der Waals surface area (Å²) in [6.07, 6.45) is 2.50. The van der Waals surface area contributed by atoms with E-state index in [9.17, 15) is 0 Å². The minimum absolute atomic E-state index is 0. The van der Waals surface area contributed by atoms with E-state index in [2.05, 4.69) is 171 Å². The number of aryl methyl sites for hydroxylation is 1. The zero-order valence-electron chi connectivity index (χ0n) is 31.3. The average molecular weight is 787 g/mol. The van der Waals surface area contributed by atoms with Gasteiger partial charge in [-0.2, -0.15) is 12.1 Å². The Morgan fingerprint density at radius 3 is 1.61 bits per heavy atom. The molecule has 1 atom stereocenters. The Bertz CT molecular complexity index is 1820. The van der Waals surface area contributed by atoms with E-state index in [1.807, 2.05) is 0 Å². The molecule has 0 saturated carbocycles. The van der Waals surface area contributed by atoms with Gasteiger partial charge in [-0.1, -0.05) is 134 Å². The van der Waals surface area contributed by atoms with Gasteiger partial charge in [0.15, 0.2) is 0 Å². The van der Waals surface area contributed by atoms with Crippen LogP contribution < -0.4 is 0 Å². The predicted molar refractivity (Wildman–Crippen MR) is 224 cm³/mol. The molecule has 0 bridgehead atoms. The van der Waals surface area contributed by atoms with Crippen molar-refractivity contribution >= 4 is 53.2 Å². The maximum absolute atomic E-state index is 3.06. The van der Waals surface area contributed by atoms with Gasteiger partial charge in [-0.15, -0.1) is 93.9 Å². The van der Waals surface area contributed by atoms with Crippen LogP contribution >= 0.6 is 24.8 Å². The fourth-order valence-electron chi connectivity index (χ4n) is 6.23. The maximum atomic E-state index is 3.06. The van der Waals surface area contributed by atoms with Gasteiger partial charge in [-0.05, 0) is 45.9 Å². The van der Waals surface area contributed by atoms with Crippen molar-refractivity contribution in [1.29, 1.82) is 0 Å². The van der Waals surface area contributed by atoms with Crippen LogP contribution in [-0.4, -0.2) is 6.88 Å². The van der Waals surface area contributed by atoms with E-state index in [4.69, 9.17) is 0 Å². The molecule has 0 aliphatic rings. The molecule has 49 heavy (non-hydrogen) atoms. The molecule has 0 aliphatic heterocycles. The SMILES string of the molecule is CCCC(C)c1cc2c(-c3ccc(C(C)(C)C)cc3)cccc2[cH-]1.Cc1cc2c(-c3ccc(C(C)C)cc3)cccc2[cH-]1.Cl.Cl.[CH3-].[CH3-].[Si]=[Zr]. The number of hydrogen-bond donors (Lipinski definition) is 0. The first-order chi connectivity index (χ1) is 21.5. The fourth-order valence-corrected chi connectivity index (χ4v) is 6.23. The summed E-state index contributed by atoms with van der Waals surface area (Å²) in [5, 5.41) is 5.45. The monoisotopic (exact) mass is 784 g/mol. The van der Waals surface area contributed by atoms with Crippen molar-refractivity contribution in [2.24, 2.45) is 0 Å². The second kappa shape index (κ2) is 21.2. The van der Waals surface area contributed by atoms with E-state index in [0.29, 0.717) is 11.8 Å². The Morgan fingerprint density at radius 1 is 0.673 bits per heavy atom. The van der Waals surface area contributed by atoms with Crippen molar-refractivity contribution in [2.75, 3.05) is 0 Å². The van der Waals surface area contributed by atoms with Gasteiger partial charge in [-0.3, -0.25) is 0 Å². The Balaban J connectivity index is 0.000000845. The normalized spacial score (nSPS) is 11.0. The van der Waals surface area contributed by atoms with E-state index < -0.39 is 0 Å². The molecule has 0 aliphatic carbocycles. The molecule has 0 N–H and O–H groups in total. The molecule has 0 aromatic heterocycles. The van der Waals surface area contributed by atoms with Gasteiger partial charge in [0, 0.05) is 0 Å². The van der Waals surface area contributed by atoms with Crippen LogP contribution in [0.25, 0.3) is 43.8 Å².